The van der Waals surface area contributed by atoms with Gasteiger partial charge in [0.25, 0.3) is 0 Å². The molecule has 22 heavy (non-hydrogen) atoms. The average molecular weight is 298 g/mol. The van der Waals surface area contributed by atoms with Gasteiger partial charge in [0.15, 0.2) is 0 Å². The molecule has 0 bridgehead atoms. The van der Waals surface area contributed by atoms with Crippen LogP contribution in [0.5, 0.6) is 17.2 Å². The summed E-state index contributed by atoms with van der Waals surface area (Å²) in [6.07, 6.45) is 3.09. The highest BCUT2D eigenvalue weighted by Gasteiger charge is 2.00. The Balaban J connectivity index is 2.05. The summed E-state index contributed by atoms with van der Waals surface area (Å²) >= 11 is 0. The van der Waals surface area contributed by atoms with Crippen LogP contribution in [0.3, 0.4) is 0 Å². The number of carbonyl (C=O) groups excluding carboxylic acids is 1. The highest BCUT2D eigenvalue weighted by atomic mass is 16.5. The normalized spacial score (nSPS) is 10.5. The molecule has 0 aliphatic rings. The van der Waals surface area contributed by atoms with Crippen molar-refractivity contribution < 1.29 is 19.0 Å². The van der Waals surface area contributed by atoms with Crippen LogP contribution in [0, 0.1) is 0 Å². The molecular formula is C18H18O4. The molecule has 2 aromatic carbocycles. The van der Waals surface area contributed by atoms with Crippen molar-refractivity contribution in [3.8, 4) is 17.2 Å². The maximum absolute atomic E-state index is 11.3. The maximum Gasteiger partial charge on any atom is 0.330 e. The molecule has 4 nitrogen and oxygen atoms in total. The Morgan fingerprint density at radius 2 is 1.77 bits per heavy atom. The van der Waals surface area contributed by atoms with E-state index in [9.17, 15) is 4.79 Å². The molecule has 0 saturated carbocycles. The first-order valence-corrected chi connectivity index (χ1v) is 6.98. The van der Waals surface area contributed by atoms with Gasteiger partial charge in [-0.15, -0.1) is 0 Å². The van der Waals surface area contributed by atoms with Gasteiger partial charge in [0.2, 0.25) is 0 Å². The van der Waals surface area contributed by atoms with Crippen molar-refractivity contribution in [3.05, 3.63) is 60.2 Å². The van der Waals surface area contributed by atoms with Crippen LogP contribution in [-0.2, 0) is 9.53 Å². The fraction of sp³-hybridized carbons (Fsp3) is 0.167. The largest absolute Gasteiger partial charge is 0.497 e. The fourth-order valence-electron chi connectivity index (χ4n) is 1.82. The molecule has 0 spiro atoms. The van der Waals surface area contributed by atoms with Crippen LogP contribution in [0.4, 0.5) is 0 Å². The Morgan fingerprint density at radius 1 is 1.05 bits per heavy atom. The summed E-state index contributed by atoms with van der Waals surface area (Å²) in [6, 6.07) is 14.8. The molecule has 4 heteroatoms. The van der Waals surface area contributed by atoms with Crippen molar-refractivity contribution in [1.82, 2.24) is 0 Å². The highest BCUT2D eigenvalue weighted by Crippen LogP contribution is 2.24. The predicted molar refractivity (Wildman–Crippen MR) is 85.2 cm³/mol. The minimum Gasteiger partial charge on any atom is -0.497 e. The molecule has 0 saturated heterocycles. The van der Waals surface area contributed by atoms with Crippen molar-refractivity contribution in [2.75, 3.05) is 13.7 Å². The number of hydrogen-bond acceptors (Lipinski definition) is 4. The summed E-state index contributed by atoms with van der Waals surface area (Å²) in [7, 11) is 1.62. The summed E-state index contributed by atoms with van der Waals surface area (Å²) in [5, 5.41) is 0. The van der Waals surface area contributed by atoms with E-state index in [4.69, 9.17) is 14.2 Å². The third kappa shape index (κ3) is 4.66. The molecule has 0 fully saturated rings. The average Bonchev–Trinajstić information content (AvgIpc) is 2.54. The third-order valence-corrected chi connectivity index (χ3v) is 2.85. The standard InChI is InChI=1S/C18H18O4/c1-3-21-18(19)12-7-14-5-4-6-17(13-14)22-16-10-8-15(20-2)9-11-16/h4-13H,3H2,1-2H3. The van der Waals surface area contributed by atoms with E-state index in [1.54, 1.807) is 20.1 Å². The Hall–Kier alpha value is -2.75. The molecule has 0 atom stereocenters. The van der Waals surface area contributed by atoms with E-state index in [1.807, 2.05) is 48.5 Å². The lowest BCUT2D eigenvalue weighted by Crippen LogP contribution is -1.98. The Labute approximate surface area is 129 Å². The monoisotopic (exact) mass is 298 g/mol. The van der Waals surface area contributed by atoms with Gasteiger partial charge in [-0.3, -0.25) is 0 Å². The van der Waals surface area contributed by atoms with Gasteiger partial charge in [-0.25, -0.2) is 4.79 Å². The van der Waals surface area contributed by atoms with E-state index < -0.39 is 0 Å². The Morgan fingerprint density at radius 3 is 2.45 bits per heavy atom. The molecule has 2 aromatic rings. The molecule has 0 aliphatic heterocycles. The van der Waals surface area contributed by atoms with Gasteiger partial charge in [-0.1, -0.05) is 12.1 Å². The number of methoxy groups -OCH3 is 1. The molecule has 2 rings (SSSR count). The second kappa shape index (κ2) is 7.88. The van der Waals surface area contributed by atoms with E-state index in [0.29, 0.717) is 18.1 Å². The van der Waals surface area contributed by atoms with Gasteiger partial charge in [0.1, 0.15) is 17.2 Å². The smallest absolute Gasteiger partial charge is 0.330 e. The molecule has 0 N–H and O–H groups in total. The van der Waals surface area contributed by atoms with Crippen LogP contribution in [-0.4, -0.2) is 19.7 Å². The van der Waals surface area contributed by atoms with E-state index in [0.717, 1.165) is 11.3 Å². The lowest BCUT2D eigenvalue weighted by molar-refractivity contribution is -0.137. The summed E-state index contributed by atoms with van der Waals surface area (Å²) in [6.45, 7) is 2.14. The first-order valence-electron chi connectivity index (χ1n) is 6.98. The van der Waals surface area contributed by atoms with Gasteiger partial charge in [0.05, 0.1) is 13.7 Å². The lowest BCUT2D eigenvalue weighted by atomic mass is 10.2. The minimum absolute atomic E-state index is 0.357. The Kier molecular flexibility index (Phi) is 5.60. The molecule has 0 aromatic heterocycles. The van der Waals surface area contributed by atoms with Gasteiger partial charge in [-0.05, 0) is 55.0 Å². The van der Waals surface area contributed by atoms with Crippen LogP contribution in [0.2, 0.25) is 0 Å². The van der Waals surface area contributed by atoms with Crippen molar-refractivity contribution in [1.29, 1.82) is 0 Å². The lowest BCUT2D eigenvalue weighted by Gasteiger charge is -2.07. The summed E-state index contributed by atoms with van der Waals surface area (Å²) in [5.74, 6) is 1.82. The van der Waals surface area contributed by atoms with Crippen molar-refractivity contribution in [3.63, 3.8) is 0 Å². The zero-order valence-corrected chi connectivity index (χ0v) is 12.6. The molecule has 0 aliphatic carbocycles. The van der Waals surface area contributed by atoms with E-state index in [-0.39, 0.29) is 5.97 Å². The second-order valence-corrected chi connectivity index (χ2v) is 4.44. The summed E-state index contributed by atoms with van der Waals surface area (Å²) < 4.78 is 15.7. The van der Waals surface area contributed by atoms with Gasteiger partial charge >= 0.3 is 5.97 Å². The number of hydrogen-bond donors (Lipinski definition) is 0. The van der Waals surface area contributed by atoms with E-state index in [2.05, 4.69) is 0 Å². The molecule has 0 radical (unpaired) electrons. The first kappa shape index (κ1) is 15.6. The molecule has 0 heterocycles. The SMILES string of the molecule is CCOC(=O)C=Cc1cccc(Oc2ccc(OC)cc2)c1. The Bertz CT molecular complexity index is 644. The zero-order chi connectivity index (χ0) is 15.8. The van der Waals surface area contributed by atoms with Crippen LogP contribution < -0.4 is 9.47 Å². The van der Waals surface area contributed by atoms with Gasteiger partial charge in [-0.2, -0.15) is 0 Å². The molecule has 0 amide bonds. The minimum atomic E-state index is -0.357. The van der Waals surface area contributed by atoms with Crippen LogP contribution >= 0.6 is 0 Å². The van der Waals surface area contributed by atoms with E-state index in [1.165, 1.54) is 6.08 Å². The van der Waals surface area contributed by atoms with Gasteiger partial charge < -0.3 is 14.2 Å². The summed E-state index contributed by atoms with van der Waals surface area (Å²) in [4.78, 5) is 11.3. The third-order valence-electron chi connectivity index (χ3n) is 2.85. The van der Waals surface area contributed by atoms with E-state index >= 15 is 0 Å². The predicted octanol–water partition coefficient (Wildman–Crippen LogP) is 4.06. The van der Waals surface area contributed by atoms with Crippen LogP contribution in [0.1, 0.15) is 12.5 Å². The molecule has 114 valence electrons. The fourth-order valence-corrected chi connectivity index (χ4v) is 1.82. The first-order chi connectivity index (χ1) is 10.7. The van der Waals surface area contributed by atoms with Crippen molar-refractivity contribution in [2.24, 2.45) is 0 Å². The maximum atomic E-state index is 11.3. The highest BCUT2D eigenvalue weighted by molar-refractivity contribution is 5.87. The number of ether oxygens (including phenoxy) is 3. The zero-order valence-electron chi connectivity index (χ0n) is 12.6. The second-order valence-electron chi connectivity index (χ2n) is 4.44. The van der Waals surface area contributed by atoms with Crippen LogP contribution in [0.15, 0.2) is 54.6 Å². The van der Waals surface area contributed by atoms with Crippen molar-refractivity contribution in [2.45, 2.75) is 6.92 Å². The number of benzene rings is 2. The number of esters is 1. The van der Waals surface area contributed by atoms with Gasteiger partial charge in [0, 0.05) is 6.08 Å². The quantitative estimate of drug-likeness (QED) is 0.596. The number of rotatable bonds is 6. The molecular weight excluding hydrogens is 280 g/mol. The topological polar surface area (TPSA) is 44.8 Å². The summed E-state index contributed by atoms with van der Waals surface area (Å²) in [5.41, 5.74) is 0.860. The van der Waals surface area contributed by atoms with Crippen LogP contribution in [0.25, 0.3) is 6.08 Å². The number of carbonyl (C=O) groups is 1. The molecule has 0 unspecified atom stereocenters. The van der Waals surface area contributed by atoms with Crippen molar-refractivity contribution >= 4 is 12.0 Å².